The maximum atomic E-state index is 10.6. The van der Waals surface area contributed by atoms with Gasteiger partial charge in [0.25, 0.3) is 0 Å². The molecule has 1 unspecified atom stereocenters. The van der Waals surface area contributed by atoms with Gasteiger partial charge in [-0.25, -0.2) is 0 Å². The molecule has 0 aliphatic rings. The van der Waals surface area contributed by atoms with E-state index in [1.807, 2.05) is 12.1 Å². The number of rotatable bonds is 4. The molecule has 1 N–H and O–H groups in total. The van der Waals surface area contributed by atoms with Crippen LogP contribution < -0.4 is 9.47 Å². The second-order valence-corrected chi connectivity index (χ2v) is 5.53. The number of methoxy groups -OCH3 is 2. The monoisotopic (exact) mass is 356 g/mol. The van der Waals surface area contributed by atoms with Crippen molar-refractivity contribution in [3.63, 3.8) is 0 Å². The summed E-state index contributed by atoms with van der Waals surface area (Å²) in [5.74, 6) is 1.13. The van der Waals surface area contributed by atoms with E-state index in [1.54, 1.807) is 38.5 Å². The summed E-state index contributed by atoms with van der Waals surface area (Å²) in [5.41, 5.74) is 1.24. The summed E-state index contributed by atoms with van der Waals surface area (Å²) in [6.45, 7) is 0. The minimum Gasteiger partial charge on any atom is -0.496 e. The van der Waals surface area contributed by atoms with Crippen LogP contribution in [-0.2, 0) is 0 Å². The molecule has 2 rings (SSSR count). The van der Waals surface area contributed by atoms with Crippen LogP contribution in [0.3, 0.4) is 0 Å². The standard InChI is InChI=1S/C15H14BrClO3/c1-19-12-4-3-5-13(20-2)14(12)15(18)9-6-10(16)8-11(17)7-9/h3-8,15,18H,1-2H3. The van der Waals surface area contributed by atoms with E-state index in [2.05, 4.69) is 15.9 Å². The first-order chi connectivity index (χ1) is 9.56. The number of aliphatic hydroxyl groups excluding tert-OH is 1. The first kappa shape index (κ1) is 15.2. The van der Waals surface area contributed by atoms with Crippen LogP contribution in [0.15, 0.2) is 40.9 Å². The summed E-state index contributed by atoms with van der Waals surface area (Å²) >= 11 is 9.39. The molecule has 0 fully saturated rings. The molecule has 0 saturated heterocycles. The van der Waals surface area contributed by atoms with Crippen LogP contribution in [0, 0.1) is 0 Å². The molecule has 2 aromatic carbocycles. The van der Waals surface area contributed by atoms with Crippen LogP contribution in [0.5, 0.6) is 11.5 Å². The van der Waals surface area contributed by atoms with Crippen molar-refractivity contribution in [2.45, 2.75) is 6.10 Å². The molecule has 0 radical (unpaired) electrons. The van der Waals surface area contributed by atoms with Gasteiger partial charge in [0.05, 0.1) is 19.8 Å². The molecule has 20 heavy (non-hydrogen) atoms. The Morgan fingerprint density at radius 3 is 2.20 bits per heavy atom. The summed E-state index contributed by atoms with van der Waals surface area (Å²) in [7, 11) is 3.11. The zero-order valence-electron chi connectivity index (χ0n) is 11.1. The van der Waals surface area contributed by atoms with Crippen molar-refractivity contribution in [1.29, 1.82) is 0 Å². The van der Waals surface area contributed by atoms with Gasteiger partial charge < -0.3 is 14.6 Å². The molecule has 0 saturated carbocycles. The van der Waals surface area contributed by atoms with Gasteiger partial charge in [0.15, 0.2) is 0 Å². The third-order valence-corrected chi connectivity index (χ3v) is 3.62. The second-order valence-electron chi connectivity index (χ2n) is 4.18. The fraction of sp³-hybridized carbons (Fsp3) is 0.200. The molecular weight excluding hydrogens is 344 g/mol. The average molecular weight is 358 g/mol. The lowest BCUT2D eigenvalue weighted by molar-refractivity contribution is 0.208. The van der Waals surface area contributed by atoms with Crippen LogP contribution >= 0.6 is 27.5 Å². The van der Waals surface area contributed by atoms with Gasteiger partial charge in [0, 0.05) is 9.50 Å². The number of hydrogen-bond acceptors (Lipinski definition) is 3. The molecule has 3 nitrogen and oxygen atoms in total. The van der Waals surface area contributed by atoms with E-state index in [0.717, 1.165) is 4.47 Å². The van der Waals surface area contributed by atoms with Gasteiger partial charge in [-0.15, -0.1) is 0 Å². The first-order valence-corrected chi connectivity index (χ1v) is 7.09. The zero-order chi connectivity index (χ0) is 14.7. The largest absolute Gasteiger partial charge is 0.496 e. The Morgan fingerprint density at radius 2 is 1.70 bits per heavy atom. The molecule has 1 atom stereocenters. The normalized spacial score (nSPS) is 12.1. The zero-order valence-corrected chi connectivity index (χ0v) is 13.4. The van der Waals surface area contributed by atoms with Gasteiger partial charge in [-0.2, -0.15) is 0 Å². The topological polar surface area (TPSA) is 38.7 Å². The van der Waals surface area contributed by atoms with Gasteiger partial charge in [-0.1, -0.05) is 33.6 Å². The highest BCUT2D eigenvalue weighted by Crippen LogP contribution is 2.38. The lowest BCUT2D eigenvalue weighted by atomic mass is 9.99. The number of aliphatic hydroxyl groups is 1. The van der Waals surface area contributed by atoms with Crippen molar-refractivity contribution in [1.82, 2.24) is 0 Å². The first-order valence-electron chi connectivity index (χ1n) is 5.91. The van der Waals surface area contributed by atoms with Gasteiger partial charge in [0.1, 0.15) is 17.6 Å². The smallest absolute Gasteiger partial charge is 0.128 e. The second kappa shape index (κ2) is 6.48. The Hall–Kier alpha value is -1.23. The summed E-state index contributed by atoms with van der Waals surface area (Å²) in [6.07, 6.45) is -0.893. The summed E-state index contributed by atoms with van der Waals surface area (Å²) in [6, 6.07) is 10.6. The maximum Gasteiger partial charge on any atom is 0.128 e. The quantitative estimate of drug-likeness (QED) is 0.891. The van der Waals surface area contributed by atoms with Crippen molar-refractivity contribution in [3.05, 3.63) is 57.0 Å². The van der Waals surface area contributed by atoms with E-state index in [-0.39, 0.29) is 0 Å². The highest BCUT2D eigenvalue weighted by atomic mass is 79.9. The van der Waals surface area contributed by atoms with Gasteiger partial charge >= 0.3 is 0 Å². The molecule has 0 aromatic heterocycles. The Balaban J connectivity index is 2.54. The molecule has 0 heterocycles. The molecular formula is C15H14BrClO3. The molecule has 106 valence electrons. The Kier molecular flexibility index (Phi) is 4.91. The average Bonchev–Trinajstić information content (AvgIpc) is 2.44. The minimum atomic E-state index is -0.893. The highest BCUT2D eigenvalue weighted by molar-refractivity contribution is 9.10. The molecule has 5 heteroatoms. The molecule has 0 spiro atoms. The Morgan fingerprint density at radius 1 is 1.10 bits per heavy atom. The van der Waals surface area contributed by atoms with E-state index >= 15 is 0 Å². The van der Waals surface area contributed by atoms with Crippen LogP contribution in [0.1, 0.15) is 17.2 Å². The van der Waals surface area contributed by atoms with Crippen LogP contribution in [0.2, 0.25) is 5.02 Å². The van der Waals surface area contributed by atoms with E-state index < -0.39 is 6.10 Å². The predicted octanol–water partition coefficient (Wildman–Crippen LogP) is 4.20. The summed E-state index contributed by atoms with van der Waals surface area (Å²) < 4.78 is 11.4. The van der Waals surface area contributed by atoms with E-state index in [9.17, 15) is 5.11 Å². The Bertz CT molecular complexity index is 574. The van der Waals surface area contributed by atoms with Crippen LogP contribution in [-0.4, -0.2) is 19.3 Å². The number of halogens is 2. The fourth-order valence-corrected chi connectivity index (χ4v) is 2.94. The number of hydrogen-bond donors (Lipinski definition) is 1. The fourth-order valence-electron chi connectivity index (χ4n) is 2.05. The van der Waals surface area contributed by atoms with Gasteiger partial charge in [-0.3, -0.25) is 0 Å². The number of ether oxygens (including phenoxy) is 2. The van der Waals surface area contributed by atoms with Crippen LogP contribution in [0.25, 0.3) is 0 Å². The van der Waals surface area contributed by atoms with Crippen molar-refractivity contribution in [2.75, 3.05) is 14.2 Å². The van der Waals surface area contributed by atoms with Crippen molar-refractivity contribution in [2.24, 2.45) is 0 Å². The van der Waals surface area contributed by atoms with Gasteiger partial charge in [-0.05, 0) is 35.9 Å². The van der Waals surface area contributed by atoms with Crippen LogP contribution in [0.4, 0.5) is 0 Å². The highest BCUT2D eigenvalue weighted by Gasteiger charge is 2.21. The van der Waals surface area contributed by atoms with E-state index in [1.165, 1.54) is 0 Å². The lowest BCUT2D eigenvalue weighted by Crippen LogP contribution is -2.05. The summed E-state index contributed by atoms with van der Waals surface area (Å²) in [4.78, 5) is 0. The SMILES string of the molecule is COc1cccc(OC)c1C(O)c1cc(Cl)cc(Br)c1. The van der Waals surface area contributed by atoms with E-state index in [0.29, 0.717) is 27.6 Å². The third-order valence-electron chi connectivity index (χ3n) is 2.94. The lowest BCUT2D eigenvalue weighted by Gasteiger charge is -2.18. The predicted molar refractivity (Wildman–Crippen MR) is 82.8 cm³/mol. The molecule has 2 aromatic rings. The molecule has 0 aliphatic carbocycles. The minimum absolute atomic E-state index is 0.544. The maximum absolute atomic E-state index is 10.6. The Labute approximate surface area is 131 Å². The molecule has 0 amide bonds. The summed E-state index contributed by atoms with van der Waals surface area (Å²) in [5, 5.41) is 11.2. The molecule has 0 aliphatic heterocycles. The molecule has 0 bridgehead atoms. The third kappa shape index (κ3) is 3.08. The van der Waals surface area contributed by atoms with Crippen molar-refractivity contribution in [3.8, 4) is 11.5 Å². The number of benzene rings is 2. The van der Waals surface area contributed by atoms with Crippen molar-refractivity contribution >= 4 is 27.5 Å². The van der Waals surface area contributed by atoms with Gasteiger partial charge in [0.2, 0.25) is 0 Å². The van der Waals surface area contributed by atoms with E-state index in [4.69, 9.17) is 21.1 Å². The van der Waals surface area contributed by atoms with Crippen molar-refractivity contribution < 1.29 is 14.6 Å².